The topological polar surface area (TPSA) is 35.5 Å². The van der Waals surface area contributed by atoms with E-state index in [1.165, 1.54) is 205 Å². The molecule has 0 aromatic rings. The van der Waals surface area contributed by atoms with Crippen molar-refractivity contribution in [1.29, 1.82) is 0 Å². The van der Waals surface area contributed by atoms with Gasteiger partial charge in [-0.1, -0.05) is 207 Å². The van der Waals surface area contributed by atoms with Gasteiger partial charge in [-0.15, -0.1) is 0 Å². The molecule has 0 aromatic carbocycles. The standard InChI is InChI=1S/C43H86O3/c1-5-9-13-17-21-25-29-33-37-41(38-34-30-26-22-18-14-10-6-2)45-43(44)46-42(39-35-31-27-23-19-15-11-7-3)40-36-32-28-24-20-16-12-8-4/h41-42H,5-40H2,1-4H3. The van der Waals surface area contributed by atoms with Crippen LogP contribution in [0.15, 0.2) is 0 Å². The van der Waals surface area contributed by atoms with E-state index in [0.717, 1.165) is 25.7 Å². The first-order chi connectivity index (χ1) is 22.7. The van der Waals surface area contributed by atoms with E-state index in [-0.39, 0.29) is 18.4 Å². The van der Waals surface area contributed by atoms with Gasteiger partial charge in [-0.3, -0.25) is 0 Å². The normalized spacial score (nSPS) is 11.6. The second kappa shape index (κ2) is 38.7. The van der Waals surface area contributed by atoms with E-state index in [1.807, 2.05) is 0 Å². The minimum absolute atomic E-state index is 0.0274. The van der Waals surface area contributed by atoms with Crippen LogP contribution in [0.2, 0.25) is 0 Å². The summed E-state index contributed by atoms with van der Waals surface area (Å²) in [4.78, 5) is 13.2. The summed E-state index contributed by atoms with van der Waals surface area (Å²) in [5, 5.41) is 0. The Morgan fingerprint density at radius 1 is 0.304 bits per heavy atom. The summed E-state index contributed by atoms with van der Waals surface area (Å²) < 4.78 is 12.2. The lowest BCUT2D eigenvalue weighted by Gasteiger charge is -2.22. The molecule has 0 amide bonds. The first kappa shape index (κ1) is 45.3. The Labute approximate surface area is 290 Å². The minimum atomic E-state index is -0.381. The average molecular weight is 651 g/mol. The second-order valence-corrected chi connectivity index (χ2v) is 14.8. The van der Waals surface area contributed by atoms with Crippen molar-refractivity contribution >= 4 is 6.16 Å². The fourth-order valence-corrected chi connectivity index (χ4v) is 6.85. The van der Waals surface area contributed by atoms with E-state index in [2.05, 4.69) is 27.7 Å². The molecule has 3 nitrogen and oxygen atoms in total. The van der Waals surface area contributed by atoms with E-state index >= 15 is 0 Å². The highest BCUT2D eigenvalue weighted by Gasteiger charge is 2.20. The lowest BCUT2D eigenvalue weighted by Crippen LogP contribution is -2.24. The van der Waals surface area contributed by atoms with Crippen LogP contribution in [0.3, 0.4) is 0 Å². The van der Waals surface area contributed by atoms with E-state index in [0.29, 0.717) is 0 Å². The molecule has 0 bridgehead atoms. The highest BCUT2D eigenvalue weighted by atomic mass is 16.7. The maximum atomic E-state index is 13.2. The van der Waals surface area contributed by atoms with Crippen molar-refractivity contribution in [2.24, 2.45) is 0 Å². The summed E-state index contributed by atoms with van der Waals surface area (Å²) in [6, 6.07) is 0. The Bertz CT molecular complexity index is 488. The maximum Gasteiger partial charge on any atom is 0.508 e. The predicted molar refractivity (Wildman–Crippen MR) is 204 cm³/mol. The molecule has 0 heterocycles. The number of carbonyl (C=O) groups is 1. The van der Waals surface area contributed by atoms with Crippen molar-refractivity contribution in [3.8, 4) is 0 Å². The third-order valence-electron chi connectivity index (χ3n) is 10.0. The third kappa shape index (κ3) is 34.6. The SMILES string of the molecule is CCCCCCCCCCC(CCCCCCCCCC)OC(=O)OC(CCCCCCCCCC)CCCCCCCCCC. The van der Waals surface area contributed by atoms with Crippen LogP contribution in [0.25, 0.3) is 0 Å². The molecule has 0 unspecified atom stereocenters. The van der Waals surface area contributed by atoms with E-state index in [9.17, 15) is 4.79 Å². The van der Waals surface area contributed by atoms with Gasteiger partial charge in [0.15, 0.2) is 0 Å². The molecule has 0 rings (SSSR count). The van der Waals surface area contributed by atoms with E-state index in [4.69, 9.17) is 9.47 Å². The molecular weight excluding hydrogens is 564 g/mol. The van der Waals surface area contributed by atoms with Crippen molar-refractivity contribution in [1.82, 2.24) is 0 Å². The van der Waals surface area contributed by atoms with Gasteiger partial charge in [0.05, 0.1) is 0 Å². The number of hydrogen-bond acceptors (Lipinski definition) is 3. The maximum absolute atomic E-state index is 13.2. The number of ether oxygens (including phenoxy) is 2. The van der Waals surface area contributed by atoms with Crippen molar-refractivity contribution in [3.05, 3.63) is 0 Å². The summed E-state index contributed by atoms with van der Waals surface area (Å²) in [6.07, 6.45) is 45.8. The highest BCUT2D eigenvalue weighted by Crippen LogP contribution is 2.21. The Morgan fingerprint density at radius 2 is 0.478 bits per heavy atom. The van der Waals surface area contributed by atoms with Crippen LogP contribution in [0.1, 0.15) is 259 Å². The number of carbonyl (C=O) groups excluding carboxylic acids is 1. The zero-order valence-electron chi connectivity index (χ0n) is 32.3. The van der Waals surface area contributed by atoms with Gasteiger partial charge < -0.3 is 9.47 Å². The number of hydrogen-bond donors (Lipinski definition) is 0. The molecule has 0 aliphatic rings. The fourth-order valence-electron chi connectivity index (χ4n) is 6.85. The van der Waals surface area contributed by atoms with Crippen LogP contribution >= 0.6 is 0 Å². The molecular formula is C43H86O3. The monoisotopic (exact) mass is 651 g/mol. The van der Waals surface area contributed by atoms with Crippen LogP contribution in [0.5, 0.6) is 0 Å². The van der Waals surface area contributed by atoms with Gasteiger partial charge >= 0.3 is 6.16 Å². The van der Waals surface area contributed by atoms with Gasteiger partial charge in [0.25, 0.3) is 0 Å². The lowest BCUT2D eigenvalue weighted by molar-refractivity contribution is -0.0121. The van der Waals surface area contributed by atoms with Crippen molar-refractivity contribution in [2.75, 3.05) is 0 Å². The molecule has 0 spiro atoms. The molecule has 0 saturated heterocycles. The summed E-state index contributed by atoms with van der Waals surface area (Å²) in [6.45, 7) is 9.14. The molecule has 0 N–H and O–H groups in total. The highest BCUT2D eigenvalue weighted by molar-refractivity contribution is 5.60. The van der Waals surface area contributed by atoms with Crippen molar-refractivity contribution < 1.29 is 14.3 Å². The average Bonchev–Trinajstić information content (AvgIpc) is 3.05. The van der Waals surface area contributed by atoms with Crippen LogP contribution in [-0.4, -0.2) is 18.4 Å². The zero-order chi connectivity index (χ0) is 33.6. The minimum Gasteiger partial charge on any atom is -0.431 e. The van der Waals surface area contributed by atoms with Crippen molar-refractivity contribution in [3.63, 3.8) is 0 Å². The van der Waals surface area contributed by atoms with Gasteiger partial charge in [-0.05, 0) is 51.4 Å². The fraction of sp³-hybridized carbons (Fsp3) is 0.977. The van der Waals surface area contributed by atoms with Crippen LogP contribution in [0, 0.1) is 0 Å². The Hall–Kier alpha value is -0.730. The molecule has 0 atom stereocenters. The Kier molecular flexibility index (Phi) is 38.1. The van der Waals surface area contributed by atoms with Gasteiger partial charge in [-0.2, -0.15) is 0 Å². The van der Waals surface area contributed by atoms with E-state index in [1.54, 1.807) is 0 Å². The smallest absolute Gasteiger partial charge is 0.431 e. The number of rotatable bonds is 38. The summed E-state index contributed by atoms with van der Waals surface area (Å²) in [5.41, 5.74) is 0. The lowest BCUT2D eigenvalue weighted by atomic mass is 10.0. The number of unbranched alkanes of at least 4 members (excludes halogenated alkanes) is 28. The summed E-state index contributed by atoms with van der Waals surface area (Å²) in [5.74, 6) is 0. The first-order valence-electron chi connectivity index (χ1n) is 21.5. The molecule has 0 aliphatic carbocycles. The van der Waals surface area contributed by atoms with Gasteiger partial charge in [0, 0.05) is 0 Å². The molecule has 0 aromatic heterocycles. The third-order valence-corrected chi connectivity index (χ3v) is 10.0. The molecule has 0 saturated carbocycles. The zero-order valence-corrected chi connectivity index (χ0v) is 32.3. The second-order valence-electron chi connectivity index (χ2n) is 14.8. The molecule has 0 aliphatic heterocycles. The summed E-state index contributed by atoms with van der Waals surface area (Å²) >= 11 is 0. The quantitative estimate of drug-likeness (QED) is 0.0493. The molecule has 0 radical (unpaired) electrons. The van der Waals surface area contributed by atoms with Crippen LogP contribution in [0.4, 0.5) is 4.79 Å². The molecule has 46 heavy (non-hydrogen) atoms. The Balaban J connectivity index is 4.73. The van der Waals surface area contributed by atoms with Crippen LogP contribution < -0.4 is 0 Å². The van der Waals surface area contributed by atoms with Crippen molar-refractivity contribution in [2.45, 2.75) is 271 Å². The summed E-state index contributed by atoms with van der Waals surface area (Å²) in [7, 11) is 0. The van der Waals surface area contributed by atoms with Gasteiger partial charge in [-0.25, -0.2) is 4.79 Å². The predicted octanol–water partition coefficient (Wildman–Crippen LogP) is 16.0. The first-order valence-corrected chi connectivity index (χ1v) is 21.5. The van der Waals surface area contributed by atoms with Gasteiger partial charge in [0.2, 0.25) is 0 Å². The Morgan fingerprint density at radius 3 is 0.674 bits per heavy atom. The van der Waals surface area contributed by atoms with Crippen LogP contribution in [-0.2, 0) is 9.47 Å². The van der Waals surface area contributed by atoms with E-state index < -0.39 is 0 Å². The van der Waals surface area contributed by atoms with Gasteiger partial charge in [0.1, 0.15) is 12.2 Å². The molecule has 276 valence electrons. The molecule has 0 fully saturated rings. The molecule has 3 heteroatoms. The largest absolute Gasteiger partial charge is 0.508 e.